The van der Waals surface area contributed by atoms with Gasteiger partial charge in [0.15, 0.2) is 0 Å². The predicted molar refractivity (Wildman–Crippen MR) is 66.0 cm³/mol. The molecule has 1 fully saturated rings. The number of nitrogens with one attached hydrogen (secondary N) is 1. The first kappa shape index (κ1) is 11.4. The van der Waals surface area contributed by atoms with Crippen molar-refractivity contribution in [2.24, 2.45) is 0 Å². The Morgan fingerprint density at radius 2 is 2.25 bits per heavy atom. The summed E-state index contributed by atoms with van der Waals surface area (Å²) in [7, 11) is 1.82. The number of halogens is 1. The summed E-state index contributed by atoms with van der Waals surface area (Å²) in [6.45, 7) is 2.74. The van der Waals surface area contributed by atoms with Gasteiger partial charge < -0.3 is 10.2 Å². The highest BCUT2D eigenvalue weighted by molar-refractivity contribution is 6.30. The summed E-state index contributed by atoms with van der Waals surface area (Å²) < 4.78 is 0. The second-order valence-electron chi connectivity index (χ2n) is 4.05. The van der Waals surface area contributed by atoms with Crippen LogP contribution >= 0.6 is 11.6 Å². The fraction of sp³-hybridized carbons (Fsp3) is 0.417. The molecule has 1 aliphatic rings. The molecule has 0 spiro atoms. The molecule has 3 nitrogen and oxygen atoms in total. The van der Waals surface area contributed by atoms with Crippen molar-refractivity contribution < 1.29 is 4.79 Å². The van der Waals surface area contributed by atoms with Crippen molar-refractivity contribution in [3.8, 4) is 0 Å². The van der Waals surface area contributed by atoms with E-state index in [1.54, 1.807) is 0 Å². The Morgan fingerprint density at radius 3 is 2.81 bits per heavy atom. The molecular weight excluding hydrogens is 224 g/mol. The summed E-state index contributed by atoms with van der Waals surface area (Å²) in [5, 5.41) is 3.73. The zero-order chi connectivity index (χ0) is 11.7. The number of aryl methyl sites for hydroxylation is 1. The molecule has 0 aromatic heterocycles. The van der Waals surface area contributed by atoms with Crippen LogP contribution in [-0.2, 0) is 4.79 Å². The van der Waals surface area contributed by atoms with E-state index in [-0.39, 0.29) is 11.9 Å². The van der Waals surface area contributed by atoms with Gasteiger partial charge in [0, 0.05) is 17.3 Å². The normalized spacial score (nSPS) is 20.6. The van der Waals surface area contributed by atoms with E-state index in [9.17, 15) is 4.79 Å². The van der Waals surface area contributed by atoms with E-state index in [0.717, 1.165) is 24.2 Å². The molecule has 16 heavy (non-hydrogen) atoms. The van der Waals surface area contributed by atoms with Crippen molar-refractivity contribution in [3.63, 3.8) is 0 Å². The second-order valence-corrected chi connectivity index (χ2v) is 4.49. The van der Waals surface area contributed by atoms with Crippen molar-refractivity contribution in [1.82, 2.24) is 5.32 Å². The third kappa shape index (κ3) is 1.93. The maximum absolute atomic E-state index is 12.0. The quantitative estimate of drug-likeness (QED) is 0.855. The second kappa shape index (κ2) is 4.44. The number of hydrogen-bond acceptors (Lipinski definition) is 2. The number of likely N-dealkylation sites (N-methyl/N-ethyl adjacent to an activating group) is 1. The molecule has 1 N–H and O–H groups in total. The Balaban J connectivity index is 2.29. The standard InChI is InChI=1S/C12H15ClN2O/c1-8-7-9(13)3-4-11(8)15-6-5-10(14-2)12(15)16/h3-4,7,10,14H,5-6H2,1-2H3. The number of amides is 1. The lowest BCUT2D eigenvalue weighted by Crippen LogP contribution is -2.36. The fourth-order valence-electron chi connectivity index (χ4n) is 2.11. The molecule has 0 bridgehead atoms. The highest BCUT2D eigenvalue weighted by Gasteiger charge is 2.31. The Kier molecular flexibility index (Phi) is 3.17. The molecule has 4 heteroatoms. The lowest BCUT2D eigenvalue weighted by Gasteiger charge is -2.19. The number of benzene rings is 1. The fourth-order valence-corrected chi connectivity index (χ4v) is 2.34. The van der Waals surface area contributed by atoms with E-state index >= 15 is 0 Å². The summed E-state index contributed by atoms with van der Waals surface area (Å²) in [6.07, 6.45) is 0.859. The first-order chi connectivity index (χ1) is 7.63. The number of carbonyl (C=O) groups excluding carboxylic acids is 1. The van der Waals surface area contributed by atoms with Gasteiger partial charge in [-0.3, -0.25) is 4.79 Å². The average Bonchev–Trinajstić information content (AvgIpc) is 2.60. The summed E-state index contributed by atoms with van der Waals surface area (Å²) in [5.41, 5.74) is 2.00. The minimum absolute atomic E-state index is 0.0462. The smallest absolute Gasteiger partial charge is 0.244 e. The first-order valence-electron chi connectivity index (χ1n) is 5.38. The van der Waals surface area contributed by atoms with Gasteiger partial charge in [0.25, 0.3) is 0 Å². The minimum atomic E-state index is -0.0462. The topological polar surface area (TPSA) is 32.3 Å². The Morgan fingerprint density at radius 1 is 1.50 bits per heavy atom. The van der Waals surface area contributed by atoms with Crippen molar-refractivity contribution >= 4 is 23.2 Å². The molecule has 0 saturated carbocycles. The molecule has 1 aliphatic heterocycles. The molecule has 2 rings (SSSR count). The van der Waals surface area contributed by atoms with Gasteiger partial charge in [-0.25, -0.2) is 0 Å². The molecule has 1 aromatic rings. The van der Waals surface area contributed by atoms with Gasteiger partial charge in [-0.05, 0) is 44.2 Å². The lowest BCUT2D eigenvalue weighted by molar-refractivity contribution is -0.118. The predicted octanol–water partition coefficient (Wildman–Crippen LogP) is 1.97. The molecule has 1 heterocycles. The highest BCUT2D eigenvalue weighted by Crippen LogP contribution is 2.27. The summed E-state index contributed by atoms with van der Waals surface area (Å²) in [4.78, 5) is 13.8. The van der Waals surface area contributed by atoms with Gasteiger partial charge in [-0.2, -0.15) is 0 Å². The van der Waals surface area contributed by atoms with E-state index in [1.807, 2.05) is 37.1 Å². The highest BCUT2D eigenvalue weighted by atomic mass is 35.5. The van der Waals surface area contributed by atoms with Gasteiger partial charge in [0.05, 0.1) is 6.04 Å². The van der Waals surface area contributed by atoms with Crippen LogP contribution in [0.3, 0.4) is 0 Å². The van der Waals surface area contributed by atoms with Crippen molar-refractivity contribution in [2.75, 3.05) is 18.5 Å². The van der Waals surface area contributed by atoms with Crippen LogP contribution in [-0.4, -0.2) is 25.5 Å². The number of rotatable bonds is 2. The zero-order valence-corrected chi connectivity index (χ0v) is 10.2. The Labute approximate surface area is 100 Å². The van der Waals surface area contributed by atoms with Crippen LogP contribution in [0.5, 0.6) is 0 Å². The maximum Gasteiger partial charge on any atom is 0.244 e. The van der Waals surface area contributed by atoms with E-state index < -0.39 is 0 Å². The molecule has 1 atom stereocenters. The molecule has 1 aromatic carbocycles. The SMILES string of the molecule is CNC1CCN(c2ccc(Cl)cc2C)C1=O. The van der Waals surface area contributed by atoms with Crippen molar-refractivity contribution in [3.05, 3.63) is 28.8 Å². The van der Waals surface area contributed by atoms with Crippen molar-refractivity contribution in [1.29, 1.82) is 0 Å². The monoisotopic (exact) mass is 238 g/mol. The average molecular weight is 239 g/mol. The van der Waals surface area contributed by atoms with Gasteiger partial charge >= 0.3 is 0 Å². The largest absolute Gasteiger partial charge is 0.311 e. The van der Waals surface area contributed by atoms with E-state index in [1.165, 1.54) is 0 Å². The molecule has 86 valence electrons. The van der Waals surface area contributed by atoms with Crippen LogP contribution in [0, 0.1) is 6.92 Å². The summed E-state index contributed by atoms with van der Waals surface area (Å²) in [6, 6.07) is 5.57. The summed E-state index contributed by atoms with van der Waals surface area (Å²) >= 11 is 5.90. The van der Waals surface area contributed by atoms with Crippen molar-refractivity contribution in [2.45, 2.75) is 19.4 Å². The molecule has 1 amide bonds. The Bertz CT molecular complexity index is 419. The number of anilines is 1. The van der Waals surface area contributed by atoms with Crippen LogP contribution in [0.2, 0.25) is 5.02 Å². The van der Waals surface area contributed by atoms with Gasteiger partial charge in [0.2, 0.25) is 5.91 Å². The van der Waals surface area contributed by atoms with Crippen LogP contribution in [0.1, 0.15) is 12.0 Å². The maximum atomic E-state index is 12.0. The Hall–Kier alpha value is -1.06. The van der Waals surface area contributed by atoms with E-state index in [2.05, 4.69) is 5.32 Å². The molecule has 1 unspecified atom stereocenters. The lowest BCUT2D eigenvalue weighted by atomic mass is 10.2. The zero-order valence-electron chi connectivity index (χ0n) is 9.46. The summed E-state index contributed by atoms with van der Waals surface area (Å²) in [5.74, 6) is 0.146. The van der Waals surface area contributed by atoms with Crippen LogP contribution in [0.15, 0.2) is 18.2 Å². The minimum Gasteiger partial charge on any atom is -0.311 e. The van der Waals surface area contributed by atoms with Gasteiger partial charge in [-0.15, -0.1) is 0 Å². The van der Waals surface area contributed by atoms with Gasteiger partial charge in [-0.1, -0.05) is 11.6 Å². The molecule has 0 radical (unpaired) electrons. The number of carbonyl (C=O) groups is 1. The number of nitrogens with zero attached hydrogens (tertiary/aromatic N) is 1. The van der Waals surface area contributed by atoms with Crippen LogP contribution < -0.4 is 10.2 Å². The molecular formula is C12H15ClN2O. The molecule has 0 aliphatic carbocycles. The molecule has 1 saturated heterocycles. The third-order valence-corrected chi connectivity index (χ3v) is 3.24. The van der Waals surface area contributed by atoms with E-state index in [4.69, 9.17) is 11.6 Å². The van der Waals surface area contributed by atoms with Crippen LogP contribution in [0.25, 0.3) is 0 Å². The third-order valence-electron chi connectivity index (χ3n) is 3.00. The number of hydrogen-bond donors (Lipinski definition) is 1. The van der Waals surface area contributed by atoms with Gasteiger partial charge in [0.1, 0.15) is 0 Å². The first-order valence-corrected chi connectivity index (χ1v) is 5.76. The van der Waals surface area contributed by atoms with Crippen LogP contribution in [0.4, 0.5) is 5.69 Å². The van der Waals surface area contributed by atoms with E-state index in [0.29, 0.717) is 5.02 Å².